The van der Waals surface area contributed by atoms with Crippen LogP contribution in [-0.2, 0) is 20.4 Å². The first kappa shape index (κ1) is 28.2. The van der Waals surface area contributed by atoms with Crippen molar-refractivity contribution in [1.82, 2.24) is 9.36 Å². The van der Waals surface area contributed by atoms with E-state index >= 15 is 0 Å². The molecule has 1 heterocycles. The Kier molecular flexibility index (Phi) is 9.57. The van der Waals surface area contributed by atoms with Crippen molar-refractivity contribution in [3.05, 3.63) is 29.6 Å². The van der Waals surface area contributed by atoms with E-state index in [1.165, 1.54) is 7.11 Å². The minimum atomic E-state index is -4.61. The first-order chi connectivity index (χ1) is 17.0. The van der Waals surface area contributed by atoms with E-state index in [1.807, 2.05) is 25.1 Å². The van der Waals surface area contributed by atoms with Crippen LogP contribution in [0.15, 0.2) is 18.2 Å². The second-order valence-corrected chi connectivity index (χ2v) is 10.5. The zero-order valence-electron chi connectivity index (χ0n) is 21.4. The predicted octanol–water partition coefficient (Wildman–Crippen LogP) is 6.39. The summed E-state index contributed by atoms with van der Waals surface area (Å²) < 4.78 is 53.2. The second kappa shape index (κ2) is 12.2. The van der Waals surface area contributed by atoms with Crippen LogP contribution >= 0.6 is 11.5 Å². The number of rotatable bonds is 10. The average molecular weight is 529 g/mol. The number of carbonyl (C=O) groups is 1. The van der Waals surface area contributed by atoms with E-state index in [2.05, 4.69) is 33.4 Å². The van der Waals surface area contributed by atoms with Crippen molar-refractivity contribution in [2.24, 2.45) is 5.92 Å². The molecule has 7 nitrogen and oxygen atoms in total. The third-order valence-corrected chi connectivity index (χ3v) is 7.13. The third kappa shape index (κ3) is 7.32. The van der Waals surface area contributed by atoms with Crippen LogP contribution in [0, 0.1) is 5.92 Å². The van der Waals surface area contributed by atoms with Crippen LogP contribution < -0.4 is 10.2 Å². The summed E-state index contributed by atoms with van der Waals surface area (Å²) >= 11 is 0.672. The summed E-state index contributed by atoms with van der Waals surface area (Å²) in [6.45, 7) is 7.00. The molecular formula is C25H35F3N4O3S. The van der Waals surface area contributed by atoms with Crippen molar-refractivity contribution in [2.75, 3.05) is 31.0 Å². The number of halogens is 3. The second-order valence-electron chi connectivity index (χ2n) is 9.72. The van der Waals surface area contributed by atoms with Crippen LogP contribution in [-0.4, -0.2) is 48.2 Å². The van der Waals surface area contributed by atoms with Gasteiger partial charge in [0.2, 0.25) is 11.0 Å². The number of hydrogen-bond acceptors (Lipinski definition) is 8. The maximum atomic E-state index is 13.1. The van der Waals surface area contributed by atoms with Crippen LogP contribution in [0.3, 0.4) is 0 Å². The average Bonchev–Trinajstić information content (AvgIpc) is 3.32. The van der Waals surface area contributed by atoms with Gasteiger partial charge in [-0.15, -0.1) is 0 Å². The number of hydrogen-bond donors (Lipinski definition) is 1. The molecule has 0 saturated heterocycles. The quantitative estimate of drug-likeness (QED) is 0.358. The Morgan fingerprint density at radius 1 is 1.19 bits per heavy atom. The molecule has 1 fully saturated rings. The molecule has 2 aromatic rings. The van der Waals surface area contributed by atoms with Crippen molar-refractivity contribution < 1.29 is 27.4 Å². The highest BCUT2D eigenvalue weighted by molar-refractivity contribution is 7.09. The molecule has 0 spiro atoms. The molecule has 1 aromatic carbocycles. The Bertz CT molecular complexity index is 1010. The van der Waals surface area contributed by atoms with Gasteiger partial charge in [-0.3, -0.25) is 4.79 Å². The zero-order valence-corrected chi connectivity index (χ0v) is 22.2. The lowest BCUT2D eigenvalue weighted by Gasteiger charge is -2.40. The smallest absolute Gasteiger partial charge is 0.452 e. The van der Waals surface area contributed by atoms with Gasteiger partial charge in [-0.1, -0.05) is 26.8 Å². The van der Waals surface area contributed by atoms with E-state index in [9.17, 15) is 18.0 Å². The van der Waals surface area contributed by atoms with Crippen LogP contribution in [0.4, 0.5) is 29.7 Å². The van der Waals surface area contributed by atoms with Crippen molar-refractivity contribution >= 4 is 34.0 Å². The summed E-state index contributed by atoms with van der Waals surface area (Å²) in [7, 11) is 3.09. The lowest BCUT2D eigenvalue weighted by molar-refractivity contribution is -0.144. The molecule has 1 N–H and O–H groups in total. The number of aromatic nitrogens is 2. The summed E-state index contributed by atoms with van der Waals surface area (Å²) in [5, 5.41) is 3.17. The topological polar surface area (TPSA) is 76.6 Å². The molecule has 3 rings (SSSR count). The number of alkyl halides is 3. The molecule has 0 amide bonds. The lowest BCUT2D eigenvalue weighted by atomic mass is 9.90. The zero-order chi connectivity index (χ0) is 26.5. The minimum Gasteiger partial charge on any atom is -0.469 e. The van der Waals surface area contributed by atoms with Crippen molar-refractivity contribution in [1.29, 1.82) is 0 Å². The van der Waals surface area contributed by atoms with E-state index in [1.54, 1.807) is 7.11 Å². The van der Waals surface area contributed by atoms with Gasteiger partial charge in [0, 0.05) is 31.2 Å². The molecule has 0 aliphatic heterocycles. The minimum absolute atomic E-state index is 0.0638. The summed E-state index contributed by atoms with van der Waals surface area (Å²) in [5.41, 5.74) is 2.41. The van der Waals surface area contributed by atoms with E-state index in [-0.39, 0.29) is 35.6 Å². The Hall–Kier alpha value is -2.40. The molecule has 1 aliphatic rings. The summed E-state index contributed by atoms with van der Waals surface area (Å²) in [5.74, 6) is -1.25. The maximum Gasteiger partial charge on any atom is 0.452 e. The SMILES string of the molecule is COC(=O)C[C@@H](C)c1ccc(N(CC(C)C)[C@H]2CC[C@@H](OC)CC2)c(Nc2nc(C(F)(F)F)ns2)c1. The van der Waals surface area contributed by atoms with E-state index in [4.69, 9.17) is 9.47 Å². The number of nitrogens with zero attached hydrogens (tertiary/aromatic N) is 3. The molecule has 1 aliphatic carbocycles. The highest BCUT2D eigenvalue weighted by Gasteiger charge is 2.36. The monoisotopic (exact) mass is 528 g/mol. The molecule has 36 heavy (non-hydrogen) atoms. The fourth-order valence-electron chi connectivity index (χ4n) is 4.60. The Morgan fingerprint density at radius 3 is 2.44 bits per heavy atom. The van der Waals surface area contributed by atoms with Gasteiger partial charge in [0.25, 0.3) is 0 Å². The number of nitrogens with one attached hydrogen (secondary N) is 1. The van der Waals surface area contributed by atoms with Crippen molar-refractivity contribution in [2.45, 2.75) is 77.1 Å². The first-order valence-corrected chi connectivity index (χ1v) is 13.0. The Balaban J connectivity index is 1.99. The van der Waals surface area contributed by atoms with Crippen molar-refractivity contribution in [3.8, 4) is 0 Å². The summed E-state index contributed by atoms with van der Waals surface area (Å²) in [6, 6.07) is 6.13. The van der Waals surface area contributed by atoms with Crippen molar-refractivity contribution in [3.63, 3.8) is 0 Å². The molecule has 11 heteroatoms. The van der Waals surface area contributed by atoms with Gasteiger partial charge >= 0.3 is 12.1 Å². The number of carbonyl (C=O) groups excluding carboxylic acids is 1. The first-order valence-electron chi connectivity index (χ1n) is 12.2. The Morgan fingerprint density at radius 2 is 1.89 bits per heavy atom. The third-order valence-electron chi connectivity index (χ3n) is 6.50. The molecule has 0 bridgehead atoms. The number of anilines is 3. The molecule has 200 valence electrons. The fourth-order valence-corrected chi connectivity index (χ4v) is 5.20. The van der Waals surface area contributed by atoms with E-state index < -0.39 is 12.0 Å². The van der Waals surface area contributed by atoms with Crippen LogP contribution in [0.5, 0.6) is 0 Å². The van der Waals surface area contributed by atoms with Crippen LogP contribution in [0.25, 0.3) is 0 Å². The Labute approximate surface area is 214 Å². The van der Waals surface area contributed by atoms with Gasteiger partial charge in [0.15, 0.2) is 0 Å². The van der Waals surface area contributed by atoms with Gasteiger partial charge < -0.3 is 19.7 Å². The van der Waals surface area contributed by atoms with Gasteiger partial charge in [0.05, 0.1) is 31.0 Å². The van der Waals surface area contributed by atoms with Crippen LogP contribution in [0.2, 0.25) is 0 Å². The molecule has 1 atom stereocenters. The maximum absolute atomic E-state index is 13.1. The highest BCUT2D eigenvalue weighted by Crippen LogP contribution is 2.38. The summed E-state index contributed by atoms with van der Waals surface area (Å²) in [6.07, 6.45) is -0.327. The summed E-state index contributed by atoms with van der Waals surface area (Å²) in [4.78, 5) is 17.9. The largest absolute Gasteiger partial charge is 0.469 e. The highest BCUT2D eigenvalue weighted by atomic mass is 32.1. The predicted molar refractivity (Wildman–Crippen MR) is 135 cm³/mol. The number of esters is 1. The number of methoxy groups -OCH3 is 2. The molecule has 0 radical (unpaired) electrons. The molecule has 0 unspecified atom stereocenters. The molecular weight excluding hydrogens is 493 g/mol. The van der Waals surface area contributed by atoms with E-state index in [0.717, 1.165) is 43.5 Å². The van der Waals surface area contributed by atoms with E-state index in [0.29, 0.717) is 23.1 Å². The van der Waals surface area contributed by atoms with Gasteiger partial charge in [0.1, 0.15) is 0 Å². The standard InChI is InChI=1S/C25H35F3N4O3S/c1-15(2)14-32(18-7-9-19(34-4)10-8-18)21-11-6-17(16(3)12-22(33)35-5)13-20(21)29-24-30-23(31-36-24)25(26,27)28/h6,11,13,15-16,18-19H,7-10,12,14H2,1-5H3,(H,29,30,31)/t16-,18-,19+/m1/s1. The molecule has 1 saturated carbocycles. The van der Waals surface area contributed by atoms with Gasteiger partial charge in [-0.25, -0.2) is 0 Å². The fraction of sp³-hybridized carbons (Fsp3) is 0.640. The van der Waals surface area contributed by atoms with Crippen LogP contribution in [0.1, 0.15) is 70.2 Å². The number of benzene rings is 1. The van der Waals surface area contributed by atoms with Gasteiger partial charge in [-0.2, -0.15) is 22.5 Å². The lowest BCUT2D eigenvalue weighted by Crippen LogP contribution is -2.41. The van der Waals surface area contributed by atoms with Gasteiger partial charge in [-0.05, 0) is 55.2 Å². The number of ether oxygens (including phenoxy) is 2. The molecule has 1 aromatic heterocycles. The normalized spacial score (nSPS) is 19.2.